The van der Waals surface area contributed by atoms with Crippen molar-refractivity contribution in [2.24, 2.45) is 11.1 Å². The van der Waals surface area contributed by atoms with Crippen molar-refractivity contribution in [1.29, 1.82) is 0 Å². The van der Waals surface area contributed by atoms with Crippen LogP contribution in [0.1, 0.15) is 38.3 Å². The summed E-state index contributed by atoms with van der Waals surface area (Å²) >= 11 is 8.45. The summed E-state index contributed by atoms with van der Waals surface area (Å²) in [6, 6.07) is 1.83. The summed E-state index contributed by atoms with van der Waals surface area (Å²) < 4.78 is 2.02. The summed E-state index contributed by atoms with van der Waals surface area (Å²) in [5.41, 5.74) is 6.86. The van der Waals surface area contributed by atoms with E-state index in [0.717, 1.165) is 13.1 Å². The Morgan fingerprint density at radius 2 is 2.18 bits per heavy atom. The zero-order chi connectivity index (χ0) is 13.2. The largest absolute Gasteiger partial charge is 0.481 e. The average Bonchev–Trinajstić information content (AvgIpc) is 2.41. The van der Waals surface area contributed by atoms with Gasteiger partial charge in [-0.2, -0.15) is 0 Å². The first-order valence-electron chi connectivity index (χ1n) is 5.13. The van der Waals surface area contributed by atoms with Crippen LogP contribution in [-0.4, -0.2) is 11.1 Å². The summed E-state index contributed by atoms with van der Waals surface area (Å²) in [4.78, 5) is 10.7. The van der Waals surface area contributed by atoms with Crippen molar-refractivity contribution in [3.63, 3.8) is 0 Å². The van der Waals surface area contributed by atoms with Crippen LogP contribution in [0.3, 0.4) is 0 Å². The Bertz CT molecular complexity index is 418. The molecule has 6 heteroatoms. The monoisotopic (exact) mass is 383 g/mol. The minimum atomic E-state index is -0.784. The fraction of sp³-hybridized carbons (Fsp3) is 0.545. The summed E-state index contributed by atoms with van der Waals surface area (Å²) in [5.74, 6) is -0.784. The third kappa shape index (κ3) is 4.69. The molecule has 1 heterocycles. The van der Waals surface area contributed by atoms with E-state index in [1.165, 1.54) is 0 Å². The van der Waals surface area contributed by atoms with Crippen LogP contribution in [0, 0.1) is 5.41 Å². The van der Waals surface area contributed by atoms with E-state index in [4.69, 9.17) is 10.8 Å². The number of rotatable bonds is 5. The molecule has 96 valence electrons. The van der Waals surface area contributed by atoms with Crippen LogP contribution in [0.2, 0.25) is 0 Å². The smallest absolute Gasteiger partial charge is 0.303 e. The molecule has 0 saturated heterocycles. The van der Waals surface area contributed by atoms with Gasteiger partial charge in [-0.1, -0.05) is 13.8 Å². The molecule has 0 aliphatic carbocycles. The summed E-state index contributed by atoms with van der Waals surface area (Å²) in [5, 5.41) is 8.84. The second kappa shape index (κ2) is 5.82. The minimum Gasteiger partial charge on any atom is -0.481 e. The lowest BCUT2D eigenvalue weighted by Crippen LogP contribution is -2.23. The van der Waals surface area contributed by atoms with Crippen LogP contribution in [0.5, 0.6) is 0 Å². The van der Waals surface area contributed by atoms with E-state index >= 15 is 0 Å². The van der Waals surface area contributed by atoms with E-state index in [-0.39, 0.29) is 17.9 Å². The highest BCUT2D eigenvalue weighted by molar-refractivity contribution is 9.12. The highest BCUT2D eigenvalue weighted by atomic mass is 79.9. The zero-order valence-corrected chi connectivity index (χ0v) is 13.7. The lowest BCUT2D eigenvalue weighted by molar-refractivity contribution is -0.139. The van der Waals surface area contributed by atoms with Gasteiger partial charge in [0.15, 0.2) is 0 Å². The SMILES string of the molecule is CC(C)(CC(=O)O)CC(N)c1cc(Br)sc1Br. The van der Waals surface area contributed by atoms with Crippen molar-refractivity contribution in [2.45, 2.75) is 32.7 Å². The first kappa shape index (κ1) is 15.1. The molecule has 0 aliphatic rings. The van der Waals surface area contributed by atoms with Gasteiger partial charge in [0.05, 0.1) is 14.0 Å². The van der Waals surface area contributed by atoms with E-state index in [0.29, 0.717) is 6.42 Å². The molecule has 1 atom stereocenters. The molecule has 0 aliphatic heterocycles. The molecule has 1 aromatic heterocycles. The lowest BCUT2D eigenvalue weighted by Gasteiger charge is -2.26. The van der Waals surface area contributed by atoms with Crippen molar-refractivity contribution in [3.05, 3.63) is 19.2 Å². The van der Waals surface area contributed by atoms with Gasteiger partial charge in [0.2, 0.25) is 0 Å². The second-order valence-corrected chi connectivity index (χ2v) is 8.57. The van der Waals surface area contributed by atoms with Gasteiger partial charge in [0.1, 0.15) is 0 Å². The van der Waals surface area contributed by atoms with Gasteiger partial charge >= 0.3 is 5.97 Å². The molecule has 3 N–H and O–H groups in total. The molecule has 0 saturated carbocycles. The van der Waals surface area contributed by atoms with Crippen molar-refractivity contribution in [2.75, 3.05) is 0 Å². The molecular formula is C11H15Br2NO2S. The fourth-order valence-electron chi connectivity index (χ4n) is 1.79. The third-order valence-electron chi connectivity index (χ3n) is 2.48. The maximum atomic E-state index is 10.7. The summed E-state index contributed by atoms with van der Waals surface area (Å²) in [6.07, 6.45) is 0.769. The topological polar surface area (TPSA) is 63.3 Å². The number of hydrogen-bond acceptors (Lipinski definition) is 3. The molecule has 0 spiro atoms. The molecule has 17 heavy (non-hydrogen) atoms. The standard InChI is InChI=1S/C11H15Br2NO2S/c1-11(2,5-9(15)16)4-7(14)6-3-8(12)17-10(6)13/h3,7H,4-5,14H2,1-2H3,(H,15,16). The third-order valence-corrected chi connectivity index (χ3v) is 4.87. The van der Waals surface area contributed by atoms with Crippen LogP contribution < -0.4 is 5.73 Å². The number of carbonyl (C=O) groups is 1. The van der Waals surface area contributed by atoms with E-state index in [1.807, 2.05) is 19.9 Å². The summed E-state index contributed by atoms with van der Waals surface area (Å²) in [7, 11) is 0. The van der Waals surface area contributed by atoms with Crippen molar-refractivity contribution in [3.8, 4) is 0 Å². The van der Waals surface area contributed by atoms with Crippen molar-refractivity contribution in [1.82, 2.24) is 0 Å². The summed E-state index contributed by atoms with van der Waals surface area (Å²) in [6.45, 7) is 3.85. The minimum absolute atomic E-state index is 0.129. The molecule has 0 fully saturated rings. The quantitative estimate of drug-likeness (QED) is 0.800. The van der Waals surface area contributed by atoms with E-state index < -0.39 is 5.97 Å². The molecule has 0 radical (unpaired) electrons. The van der Waals surface area contributed by atoms with Crippen LogP contribution in [0.25, 0.3) is 0 Å². The maximum absolute atomic E-state index is 10.7. The first-order chi connectivity index (χ1) is 7.71. The molecule has 3 nitrogen and oxygen atoms in total. The van der Waals surface area contributed by atoms with Gasteiger partial charge in [-0.15, -0.1) is 11.3 Å². The van der Waals surface area contributed by atoms with Gasteiger partial charge in [-0.05, 0) is 55.3 Å². The molecule has 0 amide bonds. The Balaban J connectivity index is 2.75. The van der Waals surface area contributed by atoms with Gasteiger partial charge in [-0.3, -0.25) is 4.79 Å². The Kier molecular flexibility index (Phi) is 5.19. The predicted molar refractivity (Wildman–Crippen MR) is 77.3 cm³/mol. The Labute approximate surface area is 122 Å². The van der Waals surface area contributed by atoms with Gasteiger partial charge in [-0.25, -0.2) is 0 Å². The van der Waals surface area contributed by atoms with Gasteiger partial charge in [0.25, 0.3) is 0 Å². The number of carboxylic acids is 1. The number of thiophene rings is 1. The molecule has 1 aromatic rings. The Morgan fingerprint density at radius 3 is 2.59 bits per heavy atom. The number of aliphatic carboxylic acids is 1. The fourth-order valence-corrected chi connectivity index (χ4v) is 4.79. The Morgan fingerprint density at radius 1 is 1.59 bits per heavy atom. The zero-order valence-electron chi connectivity index (χ0n) is 9.67. The van der Waals surface area contributed by atoms with Crippen molar-refractivity contribution >= 4 is 49.2 Å². The lowest BCUT2D eigenvalue weighted by atomic mass is 9.81. The normalized spacial score (nSPS) is 13.7. The Hall–Kier alpha value is 0.0900. The first-order valence-corrected chi connectivity index (χ1v) is 7.53. The second-order valence-electron chi connectivity index (χ2n) is 4.82. The number of halogens is 2. The van der Waals surface area contributed by atoms with Crippen LogP contribution in [0.4, 0.5) is 0 Å². The predicted octanol–water partition coefficient (Wildman–Crippen LogP) is 4.16. The molecule has 0 bridgehead atoms. The average molecular weight is 385 g/mol. The number of nitrogens with two attached hydrogens (primary N) is 1. The molecule has 1 unspecified atom stereocenters. The highest BCUT2D eigenvalue weighted by Crippen LogP contribution is 2.39. The van der Waals surface area contributed by atoms with Crippen molar-refractivity contribution < 1.29 is 9.90 Å². The molecule has 0 aromatic carbocycles. The van der Waals surface area contributed by atoms with E-state index in [1.54, 1.807) is 11.3 Å². The van der Waals surface area contributed by atoms with Crippen LogP contribution in [-0.2, 0) is 4.79 Å². The van der Waals surface area contributed by atoms with Crippen LogP contribution >= 0.6 is 43.2 Å². The van der Waals surface area contributed by atoms with Crippen LogP contribution in [0.15, 0.2) is 13.6 Å². The number of carboxylic acid groups (broad SMARTS) is 1. The number of hydrogen-bond donors (Lipinski definition) is 2. The highest BCUT2D eigenvalue weighted by Gasteiger charge is 2.26. The van der Waals surface area contributed by atoms with Gasteiger partial charge < -0.3 is 10.8 Å². The maximum Gasteiger partial charge on any atom is 0.303 e. The molecular weight excluding hydrogens is 370 g/mol. The van der Waals surface area contributed by atoms with Gasteiger partial charge in [0, 0.05) is 6.04 Å². The van der Waals surface area contributed by atoms with E-state index in [2.05, 4.69) is 31.9 Å². The van der Waals surface area contributed by atoms with E-state index in [9.17, 15) is 4.79 Å². The molecule has 1 rings (SSSR count).